The number of phenols is 1. The summed E-state index contributed by atoms with van der Waals surface area (Å²) in [5.74, 6) is 4.62. The molecular weight excluding hydrogens is 664 g/mol. The molecule has 0 radical (unpaired) electrons. The minimum absolute atomic E-state index is 0.0843. The molecule has 1 aliphatic rings. The third kappa shape index (κ3) is 7.56. The SMILES string of the molecule is CCCc1cc(OC)c(O)c(Oc2c(OC)cc(C3Oc4c(OC)cc(C(CC)Oc5c(OC)cc(CCC)cc5OC)cc4C3C)cc2OC)c1. The number of ether oxygens (including phenoxy) is 9. The number of benzene rings is 4. The topological polar surface area (TPSA) is 103 Å². The van der Waals surface area contributed by atoms with Crippen LogP contribution in [-0.4, -0.2) is 47.8 Å². The van der Waals surface area contributed by atoms with Crippen LogP contribution in [0.3, 0.4) is 0 Å². The first-order chi connectivity index (χ1) is 25.2. The van der Waals surface area contributed by atoms with Gasteiger partial charge in [-0.2, -0.15) is 0 Å². The highest BCUT2D eigenvalue weighted by atomic mass is 16.6. The van der Waals surface area contributed by atoms with Gasteiger partial charge in [0.2, 0.25) is 17.2 Å². The van der Waals surface area contributed by atoms with Gasteiger partial charge in [0.05, 0.1) is 42.7 Å². The van der Waals surface area contributed by atoms with Crippen molar-refractivity contribution in [3.8, 4) is 63.2 Å². The van der Waals surface area contributed by atoms with Crippen molar-refractivity contribution in [3.63, 3.8) is 0 Å². The first-order valence-electron chi connectivity index (χ1n) is 17.8. The van der Waals surface area contributed by atoms with Crippen molar-refractivity contribution >= 4 is 0 Å². The molecule has 3 unspecified atom stereocenters. The van der Waals surface area contributed by atoms with Crippen molar-refractivity contribution in [3.05, 3.63) is 76.3 Å². The molecule has 1 heterocycles. The van der Waals surface area contributed by atoms with Crippen LogP contribution < -0.4 is 42.6 Å². The highest BCUT2D eigenvalue weighted by molar-refractivity contribution is 5.62. The van der Waals surface area contributed by atoms with Crippen LogP contribution in [-0.2, 0) is 12.8 Å². The number of rotatable bonds is 17. The molecule has 10 nitrogen and oxygen atoms in total. The Kier molecular flexibility index (Phi) is 12.4. The summed E-state index contributed by atoms with van der Waals surface area (Å²) in [5.41, 5.74) is 4.84. The predicted molar refractivity (Wildman–Crippen MR) is 200 cm³/mol. The molecule has 0 amide bonds. The molecule has 0 aliphatic carbocycles. The summed E-state index contributed by atoms with van der Waals surface area (Å²) in [5, 5.41) is 10.9. The van der Waals surface area contributed by atoms with E-state index in [9.17, 15) is 5.11 Å². The lowest BCUT2D eigenvalue weighted by atomic mass is 9.90. The largest absolute Gasteiger partial charge is 0.502 e. The fourth-order valence-electron chi connectivity index (χ4n) is 6.79. The Balaban J connectivity index is 1.49. The number of aromatic hydroxyl groups is 1. The van der Waals surface area contributed by atoms with E-state index in [1.807, 2.05) is 36.4 Å². The molecular formula is C42H52O10. The Hall–Kier alpha value is -5.12. The third-order valence-electron chi connectivity index (χ3n) is 9.46. The molecule has 0 fully saturated rings. The second kappa shape index (κ2) is 16.9. The maximum absolute atomic E-state index is 10.9. The summed E-state index contributed by atoms with van der Waals surface area (Å²) < 4.78 is 54.2. The maximum Gasteiger partial charge on any atom is 0.211 e. The normalized spacial score (nSPS) is 15.3. The molecule has 10 heteroatoms. The molecule has 1 N–H and O–H groups in total. The smallest absolute Gasteiger partial charge is 0.211 e. The van der Waals surface area contributed by atoms with Crippen LogP contribution in [0.25, 0.3) is 0 Å². The Bertz CT molecular complexity index is 1800. The first-order valence-corrected chi connectivity index (χ1v) is 17.8. The number of hydrogen-bond donors (Lipinski definition) is 1. The van der Waals surface area contributed by atoms with Gasteiger partial charge in [0.25, 0.3) is 0 Å². The maximum atomic E-state index is 10.9. The van der Waals surface area contributed by atoms with Crippen molar-refractivity contribution in [1.29, 1.82) is 0 Å². The van der Waals surface area contributed by atoms with E-state index in [-0.39, 0.29) is 23.5 Å². The van der Waals surface area contributed by atoms with Crippen molar-refractivity contribution in [2.75, 3.05) is 42.7 Å². The Morgan fingerprint density at radius 2 is 1.12 bits per heavy atom. The van der Waals surface area contributed by atoms with Gasteiger partial charge in [-0.15, -0.1) is 0 Å². The van der Waals surface area contributed by atoms with Crippen molar-refractivity contribution in [1.82, 2.24) is 0 Å². The predicted octanol–water partition coefficient (Wildman–Crippen LogP) is 9.91. The average molecular weight is 717 g/mol. The van der Waals surface area contributed by atoms with E-state index in [2.05, 4.69) is 33.8 Å². The van der Waals surface area contributed by atoms with Crippen LogP contribution in [0.2, 0.25) is 0 Å². The van der Waals surface area contributed by atoms with Crippen LogP contribution in [0, 0.1) is 0 Å². The number of fused-ring (bicyclic) bond motifs is 1. The molecule has 4 aromatic rings. The van der Waals surface area contributed by atoms with Crippen molar-refractivity contribution in [2.24, 2.45) is 0 Å². The minimum atomic E-state index is -0.398. The Labute approximate surface area is 307 Å². The third-order valence-corrected chi connectivity index (χ3v) is 9.46. The number of hydrogen-bond acceptors (Lipinski definition) is 10. The van der Waals surface area contributed by atoms with E-state index in [4.69, 9.17) is 42.6 Å². The zero-order valence-corrected chi connectivity index (χ0v) is 32.0. The lowest BCUT2D eigenvalue weighted by molar-refractivity contribution is 0.183. The summed E-state index contributed by atoms with van der Waals surface area (Å²) in [6.45, 7) is 8.42. The zero-order chi connectivity index (χ0) is 37.5. The van der Waals surface area contributed by atoms with E-state index in [0.717, 1.165) is 53.5 Å². The number of methoxy groups -OCH3 is 6. The molecule has 3 atom stereocenters. The number of phenolic OH excluding ortho intramolecular Hbond substituents is 1. The second-order valence-corrected chi connectivity index (χ2v) is 12.8. The van der Waals surface area contributed by atoms with E-state index in [1.165, 1.54) is 7.11 Å². The molecule has 0 aromatic heterocycles. The first kappa shape index (κ1) is 38.1. The van der Waals surface area contributed by atoms with Gasteiger partial charge in [-0.1, -0.05) is 40.5 Å². The lowest BCUT2D eigenvalue weighted by Crippen LogP contribution is -2.10. The van der Waals surface area contributed by atoms with Crippen molar-refractivity contribution < 1.29 is 47.7 Å². The quantitative estimate of drug-likeness (QED) is 0.114. The van der Waals surface area contributed by atoms with E-state index in [0.29, 0.717) is 58.2 Å². The Morgan fingerprint density at radius 1 is 0.615 bits per heavy atom. The van der Waals surface area contributed by atoms with Crippen LogP contribution in [0.15, 0.2) is 48.5 Å². The minimum Gasteiger partial charge on any atom is -0.502 e. The summed E-state index contributed by atoms with van der Waals surface area (Å²) in [6, 6.07) is 15.5. The Morgan fingerprint density at radius 3 is 1.62 bits per heavy atom. The van der Waals surface area contributed by atoms with Gasteiger partial charge in [0, 0.05) is 17.0 Å². The van der Waals surface area contributed by atoms with Crippen molar-refractivity contribution in [2.45, 2.75) is 77.9 Å². The van der Waals surface area contributed by atoms with Gasteiger partial charge in [0.1, 0.15) is 12.2 Å². The van der Waals surface area contributed by atoms with Crippen LogP contribution >= 0.6 is 0 Å². The fraction of sp³-hybridized carbons (Fsp3) is 0.429. The van der Waals surface area contributed by atoms with Gasteiger partial charge in [-0.25, -0.2) is 0 Å². The van der Waals surface area contributed by atoms with Crippen LogP contribution in [0.5, 0.6) is 63.2 Å². The van der Waals surface area contributed by atoms with Gasteiger partial charge >= 0.3 is 0 Å². The van der Waals surface area contributed by atoms with Gasteiger partial charge in [-0.3, -0.25) is 0 Å². The molecule has 280 valence electrons. The van der Waals surface area contributed by atoms with Gasteiger partial charge < -0.3 is 47.7 Å². The summed E-state index contributed by atoms with van der Waals surface area (Å²) in [6.07, 6.45) is 3.59. The molecule has 52 heavy (non-hydrogen) atoms. The van der Waals surface area contributed by atoms with E-state index in [1.54, 1.807) is 41.6 Å². The lowest BCUT2D eigenvalue weighted by Gasteiger charge is -2.23. The summed E-state index contributed by atoms with van der Waals surface area (Å²) >= 11 is 0. The average Bonchev–Trinajstić information content (AvgIpc) is 3.50. The zero-order valence-electron chi connectivity index (χ0n) is 32.0. The van der Waals surface area contributed by atoms with Gasteiger partial charge in [0.15, 0.2) is 46.0 Å². The van der Waals surface area contributed by atoms with Crippen LogP contribution in [0.4, 0.5) is 0 Å². The van der Waals surface area contributed by atoms with E-state index < -0.39 is 6.10 Å². The van der Waals surface area contributed by atoms with Gasteiger partial charge in [-0.05, 0) is 84.5 Å². The molecule has 0 saturated heterocycles. The molecule has 5 rings (SSSR count). The standard InChI is InChI=1S/C42H52O10/c1-11-14-25-16-31(44-5)38(43)32(17-25)51-42-36(48-9)22-28(23-37(42)49-10)39-24(4)29-20-27(21-35(47-8)40(29)52-39)30(13-3)50-41-33(45-6)18-26(15-12-2)19-34(41)46-7/h16-24,30,39,43H,11-15H2,1-10H3. The highest BCUT2D eigenvalue weighted by Gasteiger charge is 2.37. The number of aryl methyl sites for hydroxylation is 2. The summed E-state index contributed by atoms with van der Waals surface area (Å²) in [7, 11) is 9.57. The molecule has 0 saturated carbocycles. The molecule has 1 aliphatic heterocycles. The van der Waals surface area contributed by atoms with E-state index >= 15 is 0 Å². The van der Waals surface area contributed by atoms with Crippen LogP contribution in [0.1, 0.15) is 92.9 Å². The summed E-state index contributed by atoms with van der Waals surface area (Å²) in [4.78, 5) is 0. The monoisotopic (exact) mass is 716 g/mol. The molecule has 0 bridgehead atoms. The second-order valence-electron chi connectivity index (χ2n) is 12.8. The highest BCUT2D eigenvalue weighted by Crippen LogP contribution is 2.54. The molecule has 4 aromatic carbocycles. The fourth-order valence-corrected chi connectivity index (χ4v) is 6.79. The molecule has 0 spiro atoms.